The molecule has 0 bridgehead atoms. The highest BCUT2D eigenvalue weighted by atomic mass is 16.5. The summed E-state index contributed by atoms with van der Waals surface area (Å²) < 4.78 is 5.05. The van der Waals surface area contributed by atoms with Gasteiger partial charge in [0.2, 0.25) is 0 Å². The van der Waals surface area contributed by atoms with Gasteiger partial charge in [-0.2, -0.15) is 0 Å². The number of carbonyl (C=O) groups excluding carboxylic acids is 1. The number of ether oxygens (including phenoxy) is 1. The fraction of sp³-hybridized carbons (Fsp3) is 0.909. The summed E-state index contributed by atoms with van der Waals surface area (Å²) in [5, 5.41) is 0. The van der Waals surface area contributed by atoms with Crippen LogP contribution in [0.1, 0.15) is 46.5 Å². The van der Waals surface area contributed by atoms with Crippen molar-refractivity contribution >= 4 is 5.97 Å². The highest BCUT2D eigenvalue weighted by molar-refractivity contribution is 5.75. The first kappa shape index (κ1) is 13.4. The van der Waals surface area contributed by atoms with Crippen LogP contribution >= 0.6 is 0 Å². The summed E-state index contributed by atoms with van der Waals surface area (Å²) in [5.74, 6) is -0.116. The minimum absolute atomic E-state index is 0.151. The van der Waals surface area contributed by atoms with E-state index in [1.165, 1.54) is 12.8 Å². The van der Waals surface area contributed by atoms with Crippen LogP contribution < -0.4 is 5.73 Å². The summed E-state index contributed by atoms with van der Waals surface area (Å²) in [6, 6.07) is -0.471. The lowest BCUT2D eigenvalue weighted by molar-refractivity contribution is -0.146. The monoisotopic (exact) mass is 201 g/mol. The Labute approximate surface area is 87.0 Å². The van der Waals surface area contributed by atoms with E-state index in [1.807, 2.05) is 13.8 Å². The number of esters is 1. The van der Waals surface area contributed by atoms with E-state index in [9.17, 15) is 4.79 Å². The van der Waals surface area contributed by atoms with Crippen LogP contribution in [0.3, 0.4) is 0 Å². The van der Waals surface area contributed by atoms with E-state index >= 15 is 0 Å². The molecule has 0 aliphatic rings. The van der Waals surface area contributed by atoms with Gasteiger partial charge in [-0.1, -0.05) is 40.0 Å². The van der Waals surface area contributed by atoms with E-state index in [0.717, 1.165) is 12.8 Å². The lowest BCUT2D eigenvalue weighted by atomic mass is 10.1. The van der Waals surface area contributed by atoms with Gasteiger partial charge >= 0.3 is 5.97 Å². The van der Waals surface area contributed by atoms with Gasteiger partial charge in [-0.25, -0.2) is 0 Å². The summed E-state index contributed by atoms with van der Waals surface area (Å²) in [6.45, 7) is 6.51. The molecule has 0 fully saturated rings. The van der Waals surface area contributed by atoms with Crippen LogP contribution in [0, 0.1) is 5.92 Å². The molecular weight excluding hydrogens is 178 g/mol. The topological polar surface area (TPSA) is 52.3 Å². The molecule has 2 N–H and O–H groups in total. The number of unbranched alkanes of at least 4 members (excludes halogenated alkanes) is 3. The number of rotatable bonds is 7. The second kappa shape index (κ2) is 7.80. The number of nitrogens with two attached hydrogens (primary N) is 1. The Kier molecular flexibility index (Phi) is 7.48. The minimum Gasteiger partial charge on any atom is -0.465 e. The first-order valence-electron chi connectivity index (χ1n) is 5.51. The van der Waals surface area contributed by atoms with Crippen LogP contribution in [0.15, 0.2) is 0 Å². The summed E-state index contributed by atoms with van der Waals surface area (Å²) in [7, 11) is 0. The van der Waals surface area contributed by atoms with E-state index in [-0.39, 0.29) is 11.9 Å². The third kappa shape index (κ3) is 5.97. The van der Waals surface area contributed by atoms with Crippen LogP contribution in [0.4, 0.5) is 0 Å². The largest absolute Gasteiger partial charge is 0.465 e. The van der Waals surface area contributed by atoms with Crippen molar-refractivity contribution in [3.63, 3.8) is 0 Å². The van der Waals surface area contributed by atoms with Gasteiger partial charge in [-0.3, -0.25) is 4.79 Å². The Hall–Kier alpha value is -0.570. The van der Waals surface area contributed by atoms with Crippen LogP contribution in [0.2, 0.25) is 0 Å². The molecule has 0 aliphatic heterocycles. The van der Waals surface area contributed by atoms with Gasteiger partial charge in [-0.15, -0.1) is 0 Å². The zero-order valence-electron chi connectivity index (χ0n) is 9.58. The molecule has 0 heterocycles. The zero-order chi connectivity index (χ0) is 11.0. The third-order valence-electron chi connectivity index (χ3n) is 2.23. The number of carbonyl (C=O) groups is 1. The molecule has 0 aliphatic carbocycles. The van der Waals surface area contributed by atoms with Crippen molar-refractivity contribution in [3.05, 3.63) is 0 Å². The zero-order valence-corrected chi connectivity index (χ0v) is 9.58. The van der Waals surface area contributed by atoms with E-state index < -0.39 is 6.04 Å². The van der Waals surface area contributed by atoms with Gasteiger partial charge in [0.1, 0.15) is 6.04 Å². The van der Waals surface area contributed by atoms with Crippen molar-refractivity contribution in [2.24, 2.45) is 11.7 Å². The smallest absolute Gasteiger partial charge is 0.323 e. The van der Waals surface area contributed by atoms with Gasteiger partial charge < -0.3 is 10.5 Å². The van der Waals surface area contributed by atoms with Crippen molar-refractivity contribution in [2.75, 3.05) is 6.61 Å². The van der Waals surface area contributed by atoms with Crippen molar-refractivity contribution in [2.45, 2.75) is 52.5 Å². The Balaban J connectivity index is 3.44. The van der Waals surface area contributed by atoms with Crippen molar-refractivity contribution < 1.29 is 9.53 Å². The molecule has 0 aromatic carbocycles. The summed E-state index contributed by atoms with van der Waals surface area (Å²) >= 11 is 0. The normalized spacial score (nSPS) is 12.9. The van der Waals surface area contributed by atoms with Gasteiger partial charge in [0.15, 0.2) is 0 Å². The molecule has 14 heavy (non-hydrogen) atoms. The molecule has 3 nitrogen and oxygen atoms in total. The van der Waals surface area contributed by atoms with Crippen LogP contribution in [-0.2, 0) is 9.53 Å². The predicted octanol–water partition coefficient (Wildman–Crippen LogP) is 2.09. The standard InChI is InChI=1S/C11H23NO2/c1-4-5-6-7-8-14-11(13)10(12)9(2)3/h9-10H,4-8,12H2,1-3H3. The molecule has 0 rings (SSSR count). The second-order valence-electron chi connectivity index (χ2n) is 4.00. The lowest BCUT2D eigenvalue weighted by Crippen LogP contribution is -2.37. The molecule has 0 amide bonds. The molecule has 0 spiro atoms. The summed E-state index contributed by atoms with van der Waals surface area (Å²) in [6.07, 6.45) is 4.47. The van der Waals surface area contributed by atoms with Crippen molar-refractivity contribution in [1.29, 1.82) is 0 Å². The van der Waals surface area contributed by atoms with Crippen LogP contribution in [0.5, 0.6) is 0 Å². The Morgan fingerprint density at radius 2 is 1.93 bits per heavy atom. The molecule has 0 aromatic heterocycles. The number of hydrogen-bond acceptors (Lipinski definition) is 3. The Morgan fingerprint density at radius 3 is 2.43 bits per heavy atom. The van der Waals surface area contributed by atoms with E-state index in [2.05, 4.69) is 6.92 Å². The molecule has 84 valence electrons. The number of hydrogen-bond donors (Lipinski definition) is 1. The average molecular weight is 201 g/mol. The molecule has 0 saturated carbocycles. The van der Waals surface area contributed by atoms with Crippen LogP contribution in [0.25, 0.3) is 0 Å². The molecule has 1 atom stereocenters. The van der Waals surface area contributed by atoms with Gasteiger partial charge in [0.25, 0.3) is 0 Å². The van der Waals surface area contributed by atoms with E-state index in [0.29, 0.717) is 6.61 Å². The SMILES string of the molecule is CCCCCCOC(=O)C(N)C(C)C. The Morgan fingerprint density at radius 1 is 1.29 bits per heavy atom. The first-order chi connectivity index (χ1) is 6.59. The molecule has 0 saturated heterocycles. The second-order valence-corrected chi connectivity index (χ2v) is 4.00. The quantitative estimate of drug-likeness (QED) is 0.507. The average Bonchev–Trinajstić information content (AvgIpc) is 2.16. The molecule has 0 radical (unpaired) electrons. The maximum absolute atomic E-state index is 11.3. The fourth-order valence-corrected chi connectivity index (χ4v) is 1.07. The molecule has 3 heteroatoms. The van der Waals surface area contributed by atoms with E-state index in [1.54, 1.807) is 0 Å². The highest BCUT2D eigenvalue weighted by Gasteiger charge is 2.18. The third-order valence-corrected chi connectivity index (χ3v) is 2.23. The fourth-order valence-electron chi connectivity index (χ4n) is 1.07. The van der Waals surface area contributed by atoms with Crippen molar-refractivity contribution in [3.8, 4) is 0 Å². The van der Waals surface area contributed by atoms with Gasteiger partial charge in [0.05, 0.1) is 6.61 Å². The maximum atomic E-state index is 11.3. The van der Waals surface area contributed by atoms with Crippen molar-refractivity contribution in [1.82, 2.24) is 0 Å². The maximum Gasteiger partial charge on any atom is 0.323 e. The highest BCUT2D eigenvalue weighted by Crippen LogP contribution is 2.03. The Bertz CT molecular complexity index is 157. The molecule has 0 aromatic rings. The predicted molar refractivity (Wildman–Crippen MR) is 57.9 cm³/mol. The minimum atomic E-state index is -0.471. The van der Waals surface area contributed by atoms with Crippen LogP contribution in [-0.4, -0.2) is 18.6 Å². The first-order valence-corrected chi connectivity index (χ1v) is 5.51. The molecular formula is C11H23NO2. The van der Waals surface area contributed by atoms with Gasteiger partial charge in [0, 0.05) is 0 Å². The molecule has 1 unspecified atom stereocenters. The summed E-state index contributed by atoms with van der Waals surface area (Å²) in [4.78, 5) is 11.3. The van der Waals surface area contributed by atoms with Gasteiger partial charge in [-0.05, 0) is 12.3 Å². The lowest BCUT2D eigenvalue weighted by Gasteiger charge is -2.14. The van der Waals surface area contributed by atoms with E-state index in [4.69, 9.17) is 10.5 Å². The summed E-state index contributed by atoms with van der Waals surface area (Å²) in [5.41, 5.74) is 5.63.